The molecule has 1 aliphatic rings. The molecule has 0 aromatic heterocycles. The van der Waals surface area contributed by atoms with Gasteiger partial charge in [-0.2, -0.15) is 0 Å². The second kappa shape index (κ2) is 8.88. The van der Waals surface area contributed by atoms with Gasteiger partial charge < -0.3 is 14.7 Å². The van der Waals surface area contributed by atoms with Crippen LogP contribution in [0.3, 0.4) is 0 Å². The molecule has 1 heterocycles. The first-order valence-corrected chi connectivity index (χ1v) is 9.16. The van der Waals surface area contributed by atoms with Crippen molar-refractivity contribution in [3.05, 3.63) is 60.2 Å². The van der Waals surface area contributed by atoms with Gasteiger partial charge in [-0.25, -0.2) is 0 Å². The van der Waals surface area contributed by atoms with E-state index in [1.54, 1.807) is 0 Å². The number of hydrogen-bond donors (Lipinski definition) is 1. The molecule has 0 unspecified atom stereocenters. The molecule has 2 aromatic rings. The maximum atomic E-state index is 10.3. The lowest BCUT2D eigenvalue weighted by molar-refractivity contribution is 0.0663. The number of aryl methyl sites for hydroxylation is 1. The smallest absolute Gasteiger partial charge is 0.119 e. The van der Waals surface area contributed by atoms with E-state index in [4.69, 9.17) is 4.74 Å². The summed E-state index contributed by atoms with van der Waals surface area (Å²) in [5.41, 5.74) is 2.53. The highest BCUT2D eigenvalue weighted by molar-refractivity contribution is 5.46. The second-order valence-corrected chi connectivity index (χ2v) is 6.59. The van der Waals surface area contributed by atoms with E-state index in [1.807, 2.05) is 24.3 Å². The molecule has 4 nitrogen and oxygen atoms in total. The Kier molecular flexibility index (Phi) is 6.31. The molecular formula is C21H28N2O2. The predicted molar refractivity (Wildman–Crippen MR) is 102 cm³/mol. The van der Waals surface area contributed by atoms with Gasteiger partial charge in [0.1, 0.15) is 18.5 Å². The van der Waals surface area contributed by atoms with Crippen LogP contribution in [0.25, 0.3) is 0 Å². The molecule has 3 rings (SSSR count). The summed E-state index contributed by atoms with van der Waals surface area (Å²) in [5.74, 6) is 0.840. The SMILES string of the molecule is CCc1cccc(OC[C@H](O)CN2CCN(c3ccccc3)CC2)c1. The van der Waals surface area contributed by atoms with Gasteiger partial charge in [-0.3, -0.25) is 4.90 Å². The first-order chi connectivity index (χ1) is 12.2. The molecule has 0 bridgehead atoms. The van der Waals surface area contributed by atoms with Gasteiger partial charge in [-0.15, -0.1) is 0 Å². The van der Waals surface area contributed by atoms with E-state index in [2.05, 4.69) is 47.1 Å². The van der Waals surface area contributed by atoms with Crippen molar-refractivity contribution in [3.63, 3.8) is 0 Å². The lowest BCUT2D eigenvalue weighted by Gasteiger charge is -2.36. The average molecular weight is 340 g/mol. The minimum Gasteiger partial charge on any atom is -0.491 e. The van der Waals surface area contributed by atoms with E-state index >= 15 is 0 Å². The Balaban J connectivity index is 1.41. The third-order valence-corrected chi connectivity index (χ3v) is 4.71. The van der Waals surface area contributed by atoms with Gasteiger partial charge in [0.2, 0.25) is 0 Å². The number of rotatable bonds is 7. The highest BCUT2D eigenvalue weighted by Crippen LogP contribution is 2.16. The molecule has 0 aliphatic carbocycles. The zero-order valence-electron chi connectivity index (χ0n) is 15.0. The summed E-state index contributed by atoms with van der Waals surface area (Å²) >= 11 is 0. The number of nitrogens with zero attached hydrogens (tertiary/aromatic N) is 2. The predicted octanol–water partition coefficient (Wildman–Crippen LogP) is 2.81. The van der Waals surface area contributed by atoms with Gasteiger partial charge in [-0.1, -0.05) is 37.3 Å². The van der Waals surface area contributed by atoms with Crippen LogP contribution >= 0.6 is 0 Å². The van der Waals surface area contributed by atoms with Crippen molar-refractivity contribution in [2.45, 2.75) is 19.4 Å². The van der Waals surface area contributed by atoms with E-state index in [-0.39, 0.29) is 0 Å². The van der Waals surface area contributed by atoms with Crippen molar-refractivity contribution in [1.82, 2.24) is 4.90 Å². The maximum absolute atomic E-state index is 10.3. The van der Waals surface area contributed by atoms with Crippen LogP contribution in [0, 0.1) is 0 Å². The first kappa shape index (κ1) is 17.8. The molecule has 1 atom stereocenters. The number of para-hydroxylation sites is 1. The summed E-state index contributed by atoms with van der Waals surface area (Å²) in [6.45, 7) is 7.06. The highest BCUT2D eigenvalue weighted by atomic mass is 16.5. The Morgan fingerprint density at radius 3 is 2.48 bits per heavy atom. The number of aliphatic hydroxyl groups excluding tert-OH is 1. The minimum absolute atomic E-state index is 0.339. The number of ether oxygens (including phenoxy) is 1. The van der Waals surface area contributed by atoms with Crippen LogP contribution in [0.1, 0.15) is 12.5 Å². The van der Waals surface area contributed by atoms with Crippen LogP contribution in [0.2, 0.25) is 0 Å². The largest absolute Gasteiger partial charge is 0.491 e. The van der Waals surface area contributed by atoms with Crippen molar-refractivity contribution in [1.29, 1.82) is 0 Å². The third-order valence-electron chi connectivity index (χ3n) is 4.71. The Hall–Kier alpha value is -2.04. The van der Waals surface area contributed by atoms with Crippen LogP contribution in [0.5, 0.6) is 5.75 Å². The summed E-state index contributed by atoms with van der Waals surface area (Å²) in [7, 11) is 0. The van der Waals surface area contributed by atoms with E-state index in [9.17, 15) is 5.11 Å². The van der Waals surface area contributed by atoms with E-state index in [1.165, 1.54) is 11.3 Å². The first-order valence-electron chi connectivity index (χ1n) is 9.16. The minimum atomic E-state index is -0.464. The summed E-state index contributed by atoms with van der Waals surface area (Å²) < 4.78 is 5.76. The molecule has 25 heavy (non-hydrogen) atoms. The molecule has 134 valence electrons. The van der Waals surface area contributed by atoms with Gasteiger partial charge in [0, 0.05) is 38.4 Å². The van der Waals surface area contributed by atoms with Crippen LogP contribution in [-0.4, -0.2) is 55.4 Å². The molecule has 0 radical (unpaired) electrons. The van der Waals surface area contributed by atoms with Gasteiger partial charge in [0.15, 0.2) is 0 Å². The Morgan fingerprint density at radius 2 is 1.76 bits per heavy atom. The molecule has 4 heteroatoms. The molecular weight excluding hydrogens is 312 g/mol. The number of hydrogen-bond acceptors (Lipinski definition) is 4. The summed E-state index contributed by atoms with van der Waals surface area (Å²) in [6.07, 6.45) is 0.527. The average Bonchev–Trinajstić information content (AvgIpc) is 2.68. The normalized spacial score (nSPS) is 16.6. The van der Waals surface area contributed by atoms with Crippen LogP contribution < -0.4 is 9.64 Å². The van der Waals surface area contributed by atoms with Gasteiger partial charge in [0.05, 0.1) is 0 Å². The highest BCUT2D eigenvalue weighted by Gasteiger charge is 2.19. The molecule has 1 fully saturated rings. The van der Waals surface area contributed by atoms with Crippen LogP contribution in [0.4, 0.5) is 5.69 Å². The molecule has 0 spiro atoms. The topological polar surface area (TPSA) is 35.9 Å². The Labute approximate surface area is 150 Å². The van der Waals surface area contributed by atoms with E-state index in [0.717, 1.165) is 38.3 Å². The summed E-state index contributed by atoms with van der Waals surface area (Å²) in [5, 5.41) is 10.3. The number of β-amino-alcohol motifs (C(OH)–C–C–N with tert-alkyl or cyclic N) is 1. The lowest BCUT2D eigenvalue weighted by atomic mass is 10.2. The van der Waals surface area contributed by atoms with Crippen molar-refractivity contribution in [3.8, 4) is 5.75 Å². The van der Waals surface area contributed by atoms with E-state index in [0.29, 0.717) is 13.2 Å². The fourth-order valence-corrected chi connectivity index (χ4v) is 3.23. The summed E-state index contributed by atoms with van der Waals surface area (Å²) in [6, 6.07) is 18.6. The molecule has 1 aliphatic heterocycles. The van der Waals surface area contributed by atoms with Gasteiger partial charge in [0.25, 0.3) is 0 Å². The van der Waals surface area contributed by atoms with Crippen molar-refractivity contribution in [2.75, 3.05) is 44.2 Å². The number of piperazine rings is 1. The molecule has 0 amide bonds. The van der Waals surface area contributed by atoms with Crippen molar-refractivity contribution < 1.29 is 9.84 Å². The molecule has 1 saturated heterocycles. The number of anilines is 1. The summed E-state index contributed by atoms with van der Waals surface area (Å²) in [4.78, 5) is 4.71. The van der Waals surface area contributed by atoms with Crippen LogP contribution in [0.15, 0.2) is 54.6 Å². The molecule has 1 N–H and O–H groups in total. The third kappa shape index (κ3) is 5.21. The Bertz CT molecular complexity index is 639. The molecule has 0 saturated carbocycles. The Morgan fingerprint density at radius 1 is 1.00 bits per heavy atom. The quantitative estimate of drug-likeness (QED) is 0.841. The van der Waals surface area contributed by atoms with Crippen molar-refractivity contribution in [2.24, 2.45) is 0 Å². The second-order valence-electron chi connectivity index (χ2n) is 6.59. The molecule has 2 aromatic carbocycles. The number of aliphatic hydroxyl groups is 1. The standard InChI is InChI=1S/C21H28N2O2/c1-2-18-7-6-10-21(15-18)25-17-20(24)16-22-11-13-23(14-12-22)19-8-4-3-5-9-19/h3-10,15,20,24H,2,11-14,16-17H2,1H3/t20-/m1/s1. The van der Waals surface area contributed by atoms with Crippen molar-refractivity contribution >= 4 is 5.69 Å². The van der Waals surface area contributed by atoms with Gasteiger partial charge >= 0.3 is 0 Å². The fourth-order valence-electron chi connectivity index (χ4n) is 3.23. The lowest BCUT2D eigenvalue weighted by Crippen LogP contribution is -2.49. The van der Waals surface area contributed by atoms with Gasteiger partial charge in [-0.05, 0) is 36.2 Å². The maximum Gasteiger partial charge on any atom is 0.119 e. The fraction of sp³-hybridized carbons (Fsp3) is 0.429. The van der Waals surface area contributed by atoms with Crippen LogP contribution in [-0.2, 0) is 6.42 Å². The van der Waals surface area contributed by atoms with E-state index < -0.39 is 6.10 Å². The monoisotopic (exact) mass is 340 g/mol. The zero-order chi connectivity index (χ0) is 17.5. The zero-order valence-corrected chi connectivity index (χ0v) is 15.0. The number of benzene rings is 2.